The maximum absolute atomic E-state index is 9.57. The first-order valence-electron chi connectivity index (χ1n) is 4.56. The number of nitrogens with two attached hydrogens (primary N) is 1. The van der Waals surface area contributed by atoms with Crippen LogP contribution in [-0.4, -0.2) is 13.3 Å². The molecule has 0 amide bonds. The molecule has 2 rings (SSSR count). The highest BCUT2D eigenvalue weighted by molar-refractivity contribution is 6.30. The Morgan fingerprint density at radius 2 is 1.79 bits per heavy atom. The third-order valence-electron chi connectivity index (χ3n) is 1.55. The molecule has 0 unspecified atom stereocenters. The van der Waals surface area contributed by atoms with Gasteiger partial charge in [0.05, 0.1) is 0 Å². The second kappa shape index (κ2) is 8.73. The van der Waals surface area contributed by atoms with Gasteiger partial charge in [-0.3, -0.25) is 0 Å². The summed E-state index contributed by atoms with van der Waals surface area (Å²) in [5.74, 6) is 0.454. The van der Waals surface area contributed by atoms with E-state index in [-0.39, 0.29) is 0 Å². The van der Waals surface area contributed by atoms with Gasteiger partial charge >= 0.3 is 0 Å². The molecular weight excluding hydrogens is 198 g/mol. The molecule has 1 fully saturated rings. The van der Waals surface area contributed by atoms with Gasteiger partial charge < -0.3 is 10.5 Å². The summed E-state index contributed by atoms with van der Waals surface area (Å²) >= 11 is 5.54. The normalized spacial score (nSPS) is 12.8. The van der Waals surface area contributed by atoms with Crippen LogP contribution in [0, 0.1) is 5.92 Å². The van der Waals surface area contributed by atoms with E-state index in [0.717, 1.165) is 24.2 Å². The van der Waals surface area contributed by atoms with Crippen LogP contribution in [0.25, 0.3) is 0 Å². The number of carbonyl (C=O) groups is 1. The van der Waals surface area contributed by atoms with Crippen molar-refractivity contribution in [3.8, 4) is 0 Å². The average Bonchev–Trinajstić information content (AvgIpc) is 3.06. The molecule has 0 radical (unpaired) electrons. The smallest absolute Gasteiger partial charge is 0.123 e. The highest BCUT2D eigenvalue weighted by atomic mass is 35.5. The summed E-state index contributed by atoms with van der Waals surface area (Å²) in [5, 5.41) is 0.794. The highest BCUT2D eigenvalue weighted by Gasteiger charge is 2.18. The Labute approximate surface area is 90.1 Å². The van der Waals surface area contributed by atoms with Crippen molar-refractivity contribution in [3.05, 3.63) is 35.4 Å². The van der Waals surface area contributed by atoms with E-state index in [4.69, 9.17) is 11.6 Å². The van der Waals surface area contributed by atoms with Crippen LogP contribution in [0.5, 0.6) is 0 Å². The first-order chi connectivity index (χ1) is 6.83. The van der Waals surface area contributed by atoms with Crippen molar-refractivity contribution in [2.24, 2.45) is 11.7 Å². The topological polar surface area (TPSA) is 43.1 Å². The SMILES string of the molecule is CN.Clc1ccccc1.O=CC1CC1. The van der Waals surface area contributed by atoms with E-state index in [9.17, 15) is 4.79 Å². The number of carbonyl (C=O) groups excluding carboxylic acids is 1. The standard InChI is InChI=1S/C6H5Cl.C4H6O.CH5N/c7-6-4-2-1-3-5-6;5-3-4-1-2-4;1-2/h1-5H;3-4H,1-2H2;2H2,1H3. The van der Waals surface area contributed by atoms with Crippen LogP contribution in [-0.2, 0) is 4.79 Å². The van der Waals surface area contributed by atoms with Gasteiger partial charge in [0.1, 0.15) is 6.29 Å². The maximum Gasteiger partial charge on any atom is 0.123 e. The van der Waals surface area contributed by atoms with Crippen molar-refractivity contribution in [2.75, 3.05) is 7.05 Å². The Morgan fingerprint density at radius 1 is 1.29 bits per heavy atom. The molecule has 2 N–H and O–H groups in total. The molecule has 1 aliphatic rings. The highest BCUT2D eigenvalue weighted by Crippen LogP contribution is 2.25. The molecule has 3 heteroatoms. The van der Waals surface area contributed by atoms with E-state index < -0.39 is 0 Å². The molecule has 78 valence electrons. The summed E-state index contributed by atoms with van der Waals surface area (Å²) in [6.07, 6.45) is 3.31. The van der Waals surface area contributed by atoms with Crippen LogP contribution in [0.1, 0.15) is 12.8 Å². The summed E-state index contributed by atoms with van der Waals surface area (Å²) in [4.78, 5) is 9.57. The molecule has 14 heavy (non-hydrogen) atoms. The van der Waals surface area contributed by atoms with Crippen LogP contribution in [0.3, 0.4) is 0 Å². The lowest BCUT2D eigenvalue weighted by atomic mass is 10.4. The summed E-state index contributed by atoms with van der Waals surface area (Å²) < 4.78 is 0. The molecular formula is C11H16ClNO. The predicted octanol–water partition coefficient (Wildman–Crippen LogP) is 2.51. The van der Waals surface area contributed by atoms with Gasteiger partial charge in [-0.15, -0.1) is 0 Å². The van der Waals surface area contributed by atoms with Crippen molar-refractivity contribution in [2.45, 2.75) is 12.8 Å². The van der Waals surface area contributed by atoms with E-state index in [1.807, 2.05) is 30.3 Å². The van der Waals surface area contributed by atoms with Gasteiger partial charge in [-0.2, -0.15) is 0 Å². The Bertz CT molecular complexity index is 234. The van der Waals surface area contributed by atoms with Crippen molar-refractivity contribution < 1.29 is 4.79 Å². The molecule has 1 aromatic carbocycles. The maximum atomic E-state index is 9.57. The summed E-state index contributed by atoms with van der Waals surface area (Å²) in [6.45, 7) is 0. The first kappa shape index (κ1) is 13.1. The Morgan fingerprint density at radius 3 is 1.93 bits per heavy atom. The molecule has 0 spiro atoms. The predicted molar refractivity (Wildman–Crippen MR) is 60.4 cm³/mol. The summed E-state index contributed by atoms with van der Waals surface area (Å²) in [7, 11) is 1.50. The molecule has 0 atom stereocenters. The molecule has 0 aliphatic heterocycles. The first-order valence-corrected chi connectivity index (χ1v) is 4.94. The third-order valence-corrected chi connectivity index (χ3v) is 1.80. The van der Waals surface area contributed by atoms with E-state index in [2.05, 4.69) is 5.73 Å². The Kier molecular flexibility index (Phi) is 8.19. The van der Waals surface area contributed by atoms with Crippen LogP contribution in [0.2, 0.25) is 5.02 Å². The molecule has 1 saturated carbocycles. The molecule has 0 saturated heterocycles. The second-order valence-corrected chi connectivity index (χ2v) is 3.21. The molecule has 1 aliphatic carbocycles. The van der Waals surface area contributed by atoms with Crippen LogP contribution >= 0.6 is 11.6 Å². The fourth-order valence-electron chi connectivity index (χ4n) is 0.647. The van der Waals surface area contributed by atoms with Crippen LogP contribution in [0.15, 0.2) is 30.3 Å². The number of hydrogen-bond acceptors (Lipinski definition) is 2. The average molecular weight is 214 g/mol. The zero-order valence-corrected chi connectivity index (χ0v) is 9.08. The zero-order valence-electron chi connectivity index (χ0n) is 8.32. The lowest BCUT2D eigenvalue weighted by Gasteiger charge is -1.80. The van der Waals surface area contributed by atoms with Crippen molar-refractivity contribution in [1.82, 2.24) is 0 Å². The largest absolute Gasteiger partial charge is 0.333 e. The minimum atomic E-state index is 0.454. The molecule has 0 heterocycles. The second-order valence-electron chi connectivity index (χ2n) is 2.77. The monoisotopic (exact) mass is 213 g/mol. The van der Waals surface area contributed by atoms with Gasteiger partial charge in [-0.25, -0.2) is 0 Å². The van der Waals surface area contributed by atoms with Crippen LogP contribution < -0.4 is 5.73 Å². The Balaban J connectivity index is 0.000000213. The van der Waals surface area contributed by atoms with Crippen molar-refractivity contribution in [1.29, 1.82) is 0 Å². The molecule has 0 bridgehead atoms. The van der Waals surface area contributed by atoms with E-state index >= 15 is 0 Å². The molecule has 1 aromatic rings. The molecule has 2 nitrogen and oxygen atoms in total. The van der Waals surface area contributed by atoms with Gasteiger partial charge in [0.2, 0.25) is 0 Å². The van der Waals surface area contributed by atoms with Gasteiger partial charge in [0.15, 0.2) is 0 Å². The fourth-order valence-corrected chi connectivity index (χ4v) is 0.792. The van der Waals surface area contributed by atoms with Gasteiger partial charge in [0, 0.05) is 10.9 Å². The van der Waals surface area contributed by atoms with Crippen molar-refractivity contribution in [3.63, 3.8) is 0 Å². The quantitative estimate of drug-likeness (QED) is 0.729. The Hall–Kier alpha value is -0.860. The van der Waals surface area contributed by atoms with E-state index in [1.165, 1.54) is 7.05 Å². The lowest BCUT2D eigenvalue weighted by Crippen LogP contribution is -1.69. The number of aldehydes is 1. The third kappa shape index (κ3) is 7.77. The number of halogens is 1. The minimum absolute atomic E-state index is 0.454. The van der Waals surface area contributed by atoms with Crippen LogP contribution in [0.4, 0.5) is 0 Å². The van der Waals surface area contributed by atoms with E-state index in [0.29, 0.717) is 5.92 Å². The number of benzene rings is 1. The summed E-state index contributed by atoms with van der Waals surface area (Å²) in [6, 6.07) is 9.44. The number of hydrogen-bond donors (Lipinski definition) is 1. The van der Waals surface area contributed by atoms with Gasteiger partial charge in [-0.1, -0.05) is 29.8 Å². The van der Waals surface area contributed by atoms with E-state index in [1.54, 1.807) is 0 Å². The minimum Gasteiger partial charge on any atom is -0.333 e. The zero-order chi connectivity index (χ0) is 10.8. The lowest BCUT2D eigenvalue weighted by molar-refractivity contribution is -0.108. The molecule has 0 aromatic heterocycles. The van der Waals surface area contributed by atoms with Gasteiger partial charge in [0.25, 0.3) is 0 Å². The van der Waals surface area contributed by atoms with Gasteiger partial charge in [-0.05, 0) is 32.0 Å². The van der Waals surface area contributed by atoms with Crippen molar-refractivity contribution >= 4 is 17.9 Å². The number of rotatable bonds is 1. The fraction of sp³-hybridized carbons (Fsp3) is 0.364. The summed E-state index contributed by atoms with van der Waals surface area (Å²) in [5.41, 5.74) is 4.50.